The van der Waals surface area contributed by atoms with Crippen molar-refractivity contribution in [3.05, 3.63) is 0 Å². The largest absolute Gasteiger partial charge is 0.396 e. The Morgan fingerprint density at radius 1 is 0.774 bits per heavy atom. The van der Waals surface area contributed by atoms with Gasteiger partial charge >= 0.3 is 0 Å². The van der Waals surface area contributed by atoms with Gasteiger partial charge < -0.3 is 5.11 Å². The fraction of sp³-hybridized carbons (Fsp3) is 1.00. The van der Waals surface area contributed by atoms with Crippen molar-refractivity contribution in [3.8, 4) is 0 Å². The second kappa shape index (κ2) is 9.31. The topological polar surface area (TPSA) is 20.2 Å². The van der Waals surface area contributed by atoms with Gasteiger partial charge in [-0.1, -0.05) is 60.8 Å². The van der Waals surface area contributed by atoms with Crippen LogP contribution in [-0.4, -0.2) is 11.7 Å². The van der Waals surface area contributed by atoms with E-state index in [1.54, 1.807) is 6.42 Å². The number of rotatable bonds is 7. The molecule has 31 heavy (non-hydrogen) atoms. The molecule has 0 spiro atoms. The van der Waals surface area contributed by atoms with E-state index >= 15 is 0 Å². The van der Waals surface area contributed by atoms with Crippen molar-refractivity contribution in [2.75, 3.05) is 6.61 Å². The lowest BCUT2D eigenvalue weighted by Gasteiger charge is -2.62. The van der Waals surface area contributed by atoms with Crippen LogP contribution >= 0.6 is 0 Å². The SMILES string of the molecule is CC(C)[C@H](CCO)CC[C@@H](C)[C@H]1CC[C@H]2[C@@H]3CCC4[C@H](C)CCC[C@]4(C)[C@H]3CC[C@]12C. The molecule has 4 aliphatic carbocycles. The number of fused-ring (bicyclic) bond motifs is 5. The summed E-state index contributed by atoms with van der Waals surface area (Å²) in [5.41, 5.74) is 1.26. The van der Waals surface area contributed by atoms with E-state index in [0.29, 0.717) is 29.3 Å². The molecule has 0 aromatic carbocycles. The Labute approximate surface area is 194 Å². The lowest BCUT2D eigenvalue weighted by Crippen LogP contribution is -2.54. The molecule has 180 valence electrons. The van der Waals surface area contributed by atoms with Crippen LogP contribution < -0.4 is 0 Å². The van der Waals surface area contributed by atoms with Crippen molar-refractivity contribution in [1.29, 1.82) is 0 Å². The molecule has 1 nitrogen and oxygen atoms in total. The van der Waals surface area contributed by atoms with Crippen molar-refractivity contribution < 1.29 is 5.11 Å². The fourth-order valence-corrected chi connectivity index (χ4v) is 10.4. The van der Waals surface area contributed by atoms with Crippen LogP contribution in [-0.2, 0) is 0 Å². The fourth-order valence-electron chi connectivity index (χ4n) is 10.4. The zero-order chi connectivity index (χ0) is 22.4. The van der Waals surface area contributed by atoms with E-state index in [1.165, 1.54) is 64.2 Å². The third kappa shape index (κ3) is 4.17. The van der Waals surface area contributed by atoms with E-state index in [4.69, 9.17) is 0 Å². The molecule has 0 saturated heterocycles. The highest BCUT2D eigenvalue weighted by Crippen LogP contribution is 2.68. The Morgan fingerprint density at radius 3 is 2.19 bits per heavy atom. The monoisotopic (exact) mass is 430 g/mol. The summed E-state index contributed by atoms with van der Waals surface area (Å²) in [6.45, 7) is 15.7. The second-order valence-electron chi connectivity index (χ2n) is 13.7. The highest BCUT2D eigenvalue weighted by Gasteiger charge is 2.60. The average Bonchev–Trinajstić information content (AvgIpc) is 3.08. The first kappa shape index (κ1) is 24.1. The van der Waals surface area contributed by atoms with Crippen molar-refractivity contribution in [2.45, 2.75) is 119 Å². The number of aliphatic hydroxyl groups excluding tert-OH is 1. The van der Waals surface area contributed by atoms with Gasteiger partial charge in [0.15, 0.2) is 0 Å². The molecule has 0 aromatic heterocycles. The van der Waals surface area contributed by atoms with E-state index in [0.717, 1.165) is 47.8 Å². The highest BCUT2D eigenvalue weighted by molar-refractivity contribution is 5.09. The normalized spacial score (nSPS) is 46.8. The Kier molecular flexibility index (Phi) is 7.23. The van der Waals surface area contributed by atoms with E-state index in [9.17, 15) is 5.11 Å². The Morgan fingerprint density at radius 2 is 1.48 bits per heavy atom. The third-order valence-corrected chi connectivity index (χ3v) is 12.2. The van der Waals surface area contributed by atoms with Gasteiger partial charge in [-0.3, -0.25) is 0 Å². The highest BCUT2D eigenvalue weighted by atomic mass is 16.3. The molecule has 0 heterocycles. The van der Waals surface area contributed by atoms with Crippen LogP contribution in [0, 0.1) is 64.1 Å². The van der Waals surface area contributed by atoms with Crippen molar-refractivity contribution >= 4 is 0 Å². The summed E-state index contributed by atoms with van der Waals surface area (Å²) >= 11 is 0. The van der Waals surface area contributed by atoms with Gasteiger partial charge in [0.1, 0.15) is 0 Å². The molecule has 0 aliphatic heterocycles. The lowest BCUT2D eigenvalue weighted by atomic mass is 9.43. The third-order valence-electron chi connectivity index (χ3n) is 12.2. The second-order valence-corrected chi connectivity index (χ2v) is 13.7. The number of hydrogen-bond donors (Lipinski definition) is 1. The molecular weight excluding hydrogens is 376 g/mol. The summed E-state index contributed by atoms with van der Waals surface area (Å²) in [4.78, 5) is 0. The predicted molar refractivity (Wildman–Crippen MR) is 133 cm³/mol. The molecular formula is C30H54O. The molecule has 10 atom stereocenters. The number of aliphatic hydroxyl groups is 1. The zero-order valence-corrected chi connectivity index (χ0v) is 21.8. The predicted octanol–water partition coefficient (Wildman–Crippen LogP) is 8.35. The first-order valence-electron chi connectivity index (χ1n) is 14.3. The Balaban J connectivity index is 1.44. The van der Waals surface area contributed by atoms with E-state index < -0.39 is 0 Å². The van der Waals surface area contributed by atoms with Crippen molar-refractivity contribution in [3.63, 3.8) is 0 Å². The molecule has 1 unspecified atom stereocenters. The molecule has 1 N–H and O–H groups in total. The quantitative estimate of drug-likeness (QED) is 0.430. The van der Waals surface area contributed by atoms with Crippen molar-refractivity contribution in [1.82, 2.24) is 0 Å². The van der Waals surface area contributed by atoms with Crippen LogP contribution in [0.2, 0.25) is 0 Å². The van der Waals surface area contributed by atoms with E-state index in [2.05, 4.69) is 41.5 Å². The first-order chi connectivity index (χ1) is 14.7. The minimum Gasteiger partial charge on any atom is -0.396 e. The van der Waals surface area contributed by atoms with Gasteiger partial charge in [0.25, 0.3) is 0 Å². The van der Waals surface area contributed by atoms with Crippen LogP contribution in [0.3, 0.4) is 0 Å². The maximum absolute atomic E-state index is 9.49. The van der Waals surface area contributed by atoms with Gasteiger partial charge in [0.05, 0.1) is 0 Å². The van der Waals surface area contributed by atoms with Crippen LogP contribution in [0.4, 0.5) is 0 Å². The minimum atomic E-state index is 0.363. The van der Waals surface area contributed by atoms with Gasteiger partial charge in [-0.25, -0.2) is 0 Å². The molecule has 0 amide bonds. The average molecular weight is 431 g/mol. The molecule has 0 bridgehead atoms. The molecule has 4 aliphatic rings. The smallest absolute Gasteiger partial charge is 0.0433 e. The molecule has 0 radical (unpaired) electrons. The van der Waals surface area contributed by atoms with Gasteiger partial charge in [-0.2, -0.15) is 0 Å². The van der Waals surface area contributed by atoms with E-state index in [1.807, 2.05) is 0 Å². The Bertz CT molecular complexity index is 597. The summed E-state index contributed by atoms with van der Waals surface area (Å²) in [5.74, 6) is 8.25. The first-order valence-corrected chi connectivity index (χ1v) is 14.3. The minimum absolute atomic E-state index is 0.363. The molecule has 1 heteroatoms. The maximum Gasteiger partial charge on any atom is 0.0433 e. The van der Waals surface area contributed by atoms with Gasteiger partial charge in [0.2, 0.25) is 0 Å². The maximum atomic E-state index is 9.49. The molecule has 4 rings (SSSR count). The van der Waals surface area contributed by atoms with Crippen LogP contribution in [0.15, 0.2) is 0 Å². The van der Waals surface area contributed by atoms with E-state index in [-0.39, 0.29) is 0 Å². The van der Waals surface area contributed by atoms with Crippen LogP contribution in [0.25, 0.3) is 0 Å². The lowest BCUT2D eigenvalue weighted by molar-refractivity contribution is -0.127. The summed E-state index contributed by atoms with van der Waals surface area (Å²) in [6.07, 6.45) is 17.3. The standard InChI is InChI=1S/C30H54O/c1-20(2)23(16-19-31)10-9-22(4)26-13-14-27-24-11-12-25-21(3)8-7-17-29(25,5)28(24)15-18-30(26,27)6/h20-28,31H,7-19H2,1-6H3/t21-,22-,23+,24+,25?,26-,27+,28+,29+,30-/m1/s1. The van der Waals surface area contributed by atoms with Crippen LogP contribution in [0.1, 0.15) is 119 Å². The molecule has 4 saturated carbocycles. The molecule has 4 fully saturated rings. The Hall–Kier alpha value is -0.0400. The van der Waals surface area contributed by atoms with Gasteiger partial charge in [0, 0.05) is 6.61 Å². The van der Waals surface area contributed by atoms with Gasteiger partial charge in [-0.05, 0) is 122 Å². The number of hydrogen-bond acceptors (Lipinski definition) is 1. The van der Waals surface area contributed by atoms with Crippen LogP contribution in [0.5, 0.6) is 0 Å². The van der Waals surface area contributed by atoms with Crippen molar-refractivity contribution in [2.24, 2.45) is 64.1 Å². The molecule has 0 aromatic rings. The van der Waals surface area contributed by atoms with Gasteiger partial charge in [-0.15, -0.1) is 0 Å². The summed E-state index contributed by atoms with van der Waals surface area (Å²) in [6, 6.07) is 0. The summed E-state index contributed by atoms with van der Waals surface area (Å²) in [7, 11) is 0. The zero-order valence-electron chi connectivity index (χ0n) is 21.8. The summed E-state index contributed by atoms with van der Waals surface area (Å²) < 4.78 is 0. The summed E-state index contributed by atoms with van der Waals surface area (Å²) in [5, 5.41) is 9.49.